The monoisotopic (exact) mass is 444 g/mol. The largest absolute Gasteiger partial charge is 0.507 e. The summed E-state index contributed by atoms with van der Waals surface area (Å²) in [6, 6.07) is 11.2. The Morgan fingerprint density at radius 2 is 2.03 bits per heavy atom. The number of nitrogens with zero attached hydrogens (tertiary/aromatic N) is 6. The Kier molecular flexibility index (Phi) is 6.86. The van der Waals surface area contributed by atoms with E-state index in [1.165, 1.54) is 0 Å². The van der Waals surface area contributed by atoms with E-state index in [0.29, 0.717) is 29.4 Å². The van der Waals surface area contributed by atoms with Gasteiger partial charge in [-0.05, 0) is 50.6 Å². The van der Waals surface area contributed by atoms with Crippen LogP contribution in [-0.2, 0) is 0 Å². The van der Waals surface area contributed by atoms with Crippen LogP contribution < -0.4 is 20.9 Å². The molecule has 2 aromatic heterocycles. The third-order valence-corrected chi connectivity index (χ3v) is 5.68. The molecule has 0 amide bonds. The van der Waals surface area contributed by atoms with Crippen LogP contribution in [0, 0.1) is 11.8 Å². The van der Waals surface area contributed by atoms with Crippen molar-refractivity contribution in [2.24, 2.45) is 0 Å². The van der Waals surface area contributed by atoms with Gasteiger partial charge >= 0.3 is 0 Å². The molecule has 1 saturated heterocycles. The Bertz CT molecular complexity index is 1170. The lowest BCUT2D eigenvalue weighted by molar-refractivity contribution is 0.477. The molecule has 0 unspecified atom stereocenters. The summed E-state index contributed by atoms with van der Waals surface area (Å²) in [7, 11) is 1.85. The van der Waals surface area contributed by atoms with Crippen LogP contribution in [-0.4, -0.2) is 64.5 Å². The second-order valence-electron chi connectivity index (χ2n) is 7.91. The number of phenolic OH excluding ortho intramolecular Hbond substituents is 1. The van der Waals surface area contributed by atoms with E-state index in [4.69, 9.17) is 5.73 Å². The highest BCUT2D eigenvalue weighted by Crippen LogP contribution is 2.32. The number of para-hydroxylation sites is 1. The van der Waals surface area contributed by atoms with Crippen molar-refractivity contribution in [2.75, 3.05) is 48.8 Å². The molecule has 0 bridgehead atoms. The van der Waals surface area contributed by atoms with E-state index in [1.807, 2.05) is 31.3 Å². The minimum Gasteiger partial charge on any atom is -0.507 e. The summed E-state index contributed by atoms with van der Waals surface area (Å²) in [6.07, 6.45) is 2.67. The summed E-state index contributed by atoms with van der Waals surface area (Å²) in [5.41, 5.74) is 8.25. The summed E-state index contributed by atoms with van der Waals surface area (Å²) in [5, 5.41) is 21.6. The molecule has 1 aliphatic rings. The molecule has 1 fully saturated rings. The standard InChI is InChI=1S/C24H28N8O/c1-17-10-13-31(14-15-32(17)23-9-12-27-22(28-23)8-5-11-26-2)20-16-19(29-30-24(20)25)18-6-3-4-7-21(18)33/h3-4,6-7,9,12,16-17,26,33H,10-11,13-15H2,1-2H3,(H2,25,30)/t17-/m1/s1. The number of benzene rings is 1. The maximum absolute atomic E-state index is 10.2. The number of hydrogen-bond donors (Lipinski definition) is 3. The number of nitrogens with two attached hydrogens (primary N) is 1. The zero-order valence-corrected chi connectivity index (χ0v) is 18.9. The Hall–Kier alpha value is -3.90. The van der Waals surface area contributed by atoms with Crippen LogP contribution >= 0.6 is 0 Å². The van der Waals surface area contributed by atoms with Crippen LogP contribution in [0.4, 0.5) is 17.3 Å². The molecule has 9 nitrogen and oxygen atoms in total. The van der Waals surface area contributed by atoms with Gasteiger partial charge in [-0.15, -0.1) is 10.2 Å². The fourth-order valence-corrected chi connectivity index (χ4v) is 3.89. The molecule has 170 valence electrons. The van der Waals surface area contributed by atoms with E-state index in [0.717, 1.165) is 37.6 Å². The van der Waals surface area contributed by atoms with Crippen molar-refractivity contribution in [3.05, 3.63) is 48.4 Å². The molecule has 0 saturated carbocycles. The molecule has 1 atom stereocenters. The first-order valence-electron chi connectivity index (χ1n) is 11.0. The molecule has 0 radical (unpaired) electrons. The normalized spacial score (nSPS) is 16.1. The van der Waals surface area contributed by atoms with E-state index < -0.39 is 0 Å². The number of anilines is 3. The van der Waals surface area contributed by atoms with Gasteiger partial charge in [0.2, 0.25) is 5.82 Å². The minimum atomic E-state index is 0.163. The zero-order chi connectivity index (χ0) is 23.2. The average molecular weight is 445 g/mol. The van der Waals surface area contributed by atoms with E-state index in [1.54, 1.807) is 18.3 Å². The Balaban J connectivity index is 1.56. The molecule has 1 aliphatic heterocycles. The Morgan fingerprint density at radius 3 is 2.85 bits per heavy atom. The van der Waals surface area contributed by atoms with E-state index in [-0.39, 0.29) is 11.8 Å². The summed E-state index contributed by atoms with van der Waals surface area (Å²) in [4.78, 5) is 13.4. The van der Waals surface area contributed by atoms with Crippen LogP contribution in [0.15, 0.2) is 42.6 Å². The predicted octanol–water partition coefficient (Wildman–Crippen LogP) is 1.90. The molecule has 3 aromatic rings. The molecule has 0 aliphatic carbocycles. The molecular formula is C24H28N8O. The fraction of sp³-hybridized carbons (Fsp3) is 0.333. The number of aromatic hydroxyl groups is 1. The van der Waals surface area contributed by atoms with Crippen molar-refractivity contribution < 1.29 is 5.11 Å². The highest BCUT2D eigenvalue weighted by atomic mass is 16.3. The SMILES string of the molecule is CNCC#Cc1nccc(N2CCN(c3cc(-c4ccccc4O)nnc3N)CC[C@H]2C)n1. The molecule has 33 heavy (non-hydrogen) atoms. The number of aromatic nitrogens is 4. The van der Waals surface area contributed by atoms with Crippen LogP contribution in [0.5, 0.6) is 5.75 Å². The van der Waals surface area contributed by atoms with Gasteiger partial charge < -0.3 is 26.0 Å². The molecule has 3 heterocycles. The van der Waals surface area contributed by atoms with Crippen molar-refractivity contribution >= 4 is 17.3 Å². The van der Waals surface area contributed by atoms with Gasteiger partial charge in [-0.1, -0.05) is 18.1 Å². The van der Waals surface area contributed by atoms with Crippen molar-refractivity contribution in [2.45, 2.75) is 19.4 Å². The van der Waals surface area contributed by atoms with Gasteiger partial charge in [0.1, 0.15) is 11.6 Å². The molecule has 0 spiro atoms. The fourth-order valence-electron chi connectivity index (χ4n) is 3.89. The van der Waals surface area contributed by atoms with Crippen LogP contribution in [0.2, 0.25) is 0 Å². The lowest BCUT2D eigenvalue weighted by atomic mass is 10.1. The first-order valence-corrected chi connectivity index (χ1v) is 11.0. The molecule has 1 aromatic carbocycles. The lowest BCUT2D eigenvalue weighted by Gasteiger charge is -2.28. The van der Waals surface area contributed by atoms with E-state index in [2.05, 4.69) is 54.0 Å². The zero-order valence-electron chi connectivity index (χ0n) is 18.9. The smallest absolute Gasteiger partial charge is 0.206 e. The topological polar surface area (TPSA) is 116 Å². The van der Waals surface area contributed by atoms with Gasteiger partial charge in [0, 0.05) is 37.4 Å². The van der Waals surface area contributed by atoms with Crippen LogP contribution in [0.1, 0.15) is 19.2 Å². The third-order valence-electron chi connectivity index (χ3n) is 5.68. The Labute approximate surface area is 193 Å². The summed E-state index contributed by atoms with van der Waals surface area (Å²) < 4.78 is 0. The van der Waals surface area contributed by atoms with Crippen molar-refractivity contribution in [1.29, 1.82) is 0 Å². The third kappa shape index (κ3) is 5.13. The maximum atomic E-state index is 10.2. The number of nitrogens with one attached hydrogen (secondary N) is 1. The van der Waals surface area contributed by atoms with Gasteiger partial charge in [-0.25, -0.2) is 9.97 Å². The first kappa shape index (κ1) is 22.3. The van der Waals surface area contributed by atoms with E-state index in [9.17, 15) is 5.11 Å². The van der Waals surface area contributed by atoms with Crippen molar-refractivity contribution in [3.63, 3.8) is 0 Å². The van der Waals surface area contributed by atoms with Crippen LogP contribution in [0.25, 0.3) is 11.3 Å². The van der Waals surface area contributed by atoms with Gasteiger partial charge in [0.05, 0.1) is 17.9 Å². The number of hydrogen-bond acceptors (Lipinski definition) is 9. The maximum Gasteiger partial charge on any atom is 0.206 e. The molecular weight excluding hydrogens is 416 g/mol. The summed E-state index contributed by atoms with van der Waals surface area (Å²) in [5.74, 6) is 7.93. The molecule has 9 heteroatoms. The highest BCUT2D eigenvalue weighted by Gasteiger charge is 2.24. The van der Waals surface area contributed by atoms with Gasteiger partial charge in [-0.2, -0.15) is 0 Å². The van der Waals surface area contributed by atoms with Gasteiger partial charge in [0.15, 0.2) is 5.82 Å². The molecule has 4 rings (SSSR count). The lowest BCUT2D eigenvalue weighted by Crippen LogP contribution is -2.35. The van der Waals surface area contributed by atoms with Gasteiger partial charge in [-0.3, -0.25) is 0 Å². The second kappa shape index (κ2) is 10.1. The number of phenols is 1. The number of rotatable bonds is 4. The second-order valence-corrected chi connectivity index (χ2v) is 7.91. The quantitative estimate of drug-likeness (QED) is 0.519. The molecule has 4 N–H and O–H groups in total. The number of nitrogen functional groups attached to an aromatic ring is 1. The van der Waals surface area contributed by atoms with Gasteiger partial charge in [0.25, 0.3) is 0 Å². The predicted molar refractivity (Wildman–Crippen MR) is 130 cm³/mol. The Morgan fingerprint density at radius 1 is 1.18 bits per heavy atom. The summed E-state index contributed by atoms with van der Waals surface area (Å²) >= 11 is 0. The summed E-state index contributed by atoms with van der Waals surface area (Å²) in [6.45, 7) is 5.10. The highest BCUT2D eigenvalue weighted by molar-refractivity contribution is 5.74. The first-order chi connectivity index (χ1) is 16.1. The minimum absolute atomic E-state index is 0.163. The van der Waals surface area contributed by atoms with E-state index >= 15 is 0 Å². The average Bonchev–Trinajstić information content (AvgIpc) is 3.02. The van der Waals surface area contributed by atoms with Crippen LogP contribution in [0.3, 0.4) is 0 Å². The van der Waals surface area contributed by atoms with Crippen molar-refractivity contribution in [3.8, 4) is 28.8 Å². The van der Waals surface area contributed by atoms with Crippen molar-refractivity contribution in [1.82, 2.24) is 25.5 Å².